The molecule has 0 radical (unpaired) electrons. The molecule has 3 aromatic carbocycles. The van der Waals surface area contributed by atoms with Crippen molar-refractivity contribution in [3.8, 4) is 16.3 Å². The van der Waals surface area contributed by atoms with Crippen LogP contribution in [0.2, 0.25) is 5.02 Å². The average Bonchev–Trinajstić information content (AvgIpc) is 3.39. The Kier molecular flexibility index (Phi) is 7.85. The zero-order valence-electron chi connectivity index (χ0n) is 19.8. The molecule has 2 heterocycles. The third-order valence-corrected chi connectivity index (χ3v) is 7.76. The van der Waals surface area contributed by atoms with Gasteiger partial charge in [0.2, 0.25) is 0 Å². The van der Waals surface area contributed by atoms with Gasteiger partial charge >= 0.3 is 0 Å². The van der Waals surface area contributed by atoms with Gasteiger partial charge in [0.15, 0.2) is 0 Å². The first-order valence-electron chi connectivity index (χ1n) is 11.4. The molecule has 37 heavy (non-hydrogen) atoms. The van der Waals surface area contributed by atoms with Gasteiger partial charge in [0.1, 0.15) is 35.3 Å². The Morgan fingerprint density at radius 2 is 2.00 bits per heavy atom. The van der Waals surface area contributed by atoms with Crippen LogP contribution in [0.1, 0.15) is 16.5 Å². The van der Waals surface area contributed by atoms with Crippen LogP contribution in [-0.2, 0) is 6.61 Å². The number of nitrogens with one attached hydrogen (secondary N) is 1. The van der Waals surface area contributed by atoms with E-state index in [-0.39, 0.29) is 18.5 Å². The summed E-state index contributed by atoms with van der Waals surface area (Å²) in [6.45, 7) is 0.213. The molecule has 0 bridgehead atoms. The highest BCUT2D eigenvalue weighted by atomic mass is 35.5. The summed E-state index contributed by atoms with van der Waals surface area (Å²) in [7, 11) is 0. The summed E-state index contributed by atoms with van der Waals surface area (Å²) in [6.07, 6.45) is 5.41. The number of anilines is 2. The van der Waals surface area contributed by atoms with E-state index >= 15 is 0 Å². The van der Waals surface area contributed by atoms with Gasteiger partial charge in [-0.3, -0.25) is 0 Å². The Hall–Kier alpha value is -3.24. The third-order valence-electron chi connectivity index (χ3n) is 5.60. The lowest BCUT2D eigenvalue weighted by atomic mass is 10.1. The van der Waals surface area contributed by atoms with E-state index in [1.807, 2.05) is 36.7 Å². The number of thioether (sulfide) groups is 1. The van der Waals surface area contributed by atoms with E-state index in [2.05, 4.69) is 20.3 Å². The van der Waals surface area contributed by atoms with E-state index in [9.17, 15) is 4.39 Å². The van der Waals surface area contributed by atoms with Crippen molar-refractivity contribution in [1.82, 2.24) is 15.0 Å². The maximum atomic E-state index is 13.4. The van der Waals surface area contributed by atoms with E-state index in [1.54, 1.807) is 47.4 Å². The fourth-order valence-electron chi connectivity index (χ4n) is 3.76. The highest BCUT2D eigenvalue weighted by Gasteiger charge is 2.13. The number of nitrogens with two attached hydrogens (primary N) is 1. The summed E-state index contributed by atoms with van der Waals surface area (Å²) >= 11 is 9.79. The van der Waals surface area contributed by atoms with Crippen LogP contribution < -0.4 is 15.8 Å². The summed E-state index contributed by atoms with van der Waals surface area (Å²) in [5.74, 6) is 1.69. The first-order chi connectivity index (χ1) is 18.0. The van der Waals surface area contributed by atoms with Gasteiger partial charge in [-0.05, 0) is 60.4 Å². The second-order valence-electron chi connectivity index (χ2n) is 8.27. The molecule has 188 valence electrons. The highest BCUT2D eigenvalue weighted by molar-refractivity contribution is 7.98. The molecule has 3 N–H and O–H groups in total. The fraction of sp³-hybridized carbons (Fsp3) is 0.148. The van der Waals surface area contributed by atoms with Crippen molar-refractivity contribution in [2.45, 2.75) is 12.6 Å². The lowest BCUT2D eigenvalue weighted by molar-refractivity contribution is 0.306. The normalized spacial score (nSPS) is 12.0. The van der Waals surface area contributed by atoms with Crippen molar-refractivity contribution in [2.24, 2.45) is 5.73 Å². The number of ether oxygens (including phenoxy) is 1. The standard InChI is InChI=1S/C27H23ClFN5OS2/c1-36-14-22(30)25-12-31-27(37-25)17-5-7-23-20(10-17)26(33-15-32-23)34-19-6-8-24(21(28)11-19)35-13-16-3-2-4-18(29)9-16/h2-12,15,22H,13-14,30H2,1H3,(H,32,33,34)/t22-/m0/s1. The quantitative estimate of drug-likeness (QED) is 0.200. The van der Waals surface area contributed by atoms with Crippen LogP contribution >= 0.6 is 34.7 Å². The average molecular weight is 552 g/mol. The molecule has 0 amide bonds. The number of nitrogens with zero attached hydrogens (tertiary/aromatic N) is 3. The number of halogens is 2. The molecule has 0 spiro atoms. The monoisotopic (exact) mass is 551 g/mol. The van der Waals surface area contributed by atoms with Gasteiger partial charge in [-0.2, -0.15) is 11.8 Å². The van der Waals surface area contributed by atoms with Crippen LogP contribution in [0.4, 0.5) is 15.9 Å². The molecule has 2 aromatic heterocycles. The van der Waals surface area contributed by atoms with Crippen LogP contribution in [0.25, 0.3) is 21.5 Å². The van der Waals surface area contributed by atoms with Crippen molar-refractivity contribution in [1.29, 1.82) is 0 Å². The second-order valence-corrected chi connectivity index (χ2v) is 10.7. The lowest BCUT2D eigenvalue weighted by Crippen LogP contribution is -2.10. The molecular weight excluding hydrogens is 529 g/mol. The second kappa shape index (κ2) is 11.4. The number of hydrogen-bond acceptors (Lipinski definition) is 8. The molecule has 10 heteroatoms. The van der Waals surface area contributed by atoms with Crippen molar-refractivity contribution < 1.29 is 9.13 Å². The molecule has 0 saturated carbocycles. The summed E-state index contributed by atoms with van der Waals surface area (Å²) in [4.78, 5) is 14.5. The number of rotatable bonds is 9. The van der Waals surface area contributed by atoms with E-state index in [0.717, 1.165) is 43.4 Å². The summed E-state index contributed by atoms with van der Waals surface area (Å²) in [5, 5.41) is 5.51. The van der Waals surface area contributed by atoms with E-state index in [4.69, 9.17) is 22.1 Å². The molecule has 1 atom stereocenters. The van der Waals surface area contributed by atoms with Crippen molar-refractivity contribution in [3.05, 3.63) is 94.5 Å². The van der Waals surface area contributed by atoms with Crippen molar-refractivity contribution >= 4 is 57.1 Å². The predicted molar refractivity (Wildman–Crippen MR) is 151 cm³/mol. The molecule has 0 aliphatic rings. The van der Waals surface area contributed by atoms with Gasteiger partial charge in [-0.25, -0.2) is 19.3 Å². The van der Waals surface area contributed by atoms with Crippen molar-refractivity contribution in [2.75, 3.05) is 17.3 Å². The van der Waals surface area contributed by atoms with Crippen LogP contribution in [0.15, 0.2) is 73.2 Å². The van der Waals surface area contributed by atoms with E-state index in [0.29, 0.717) is 16.6 Å². The lowest BCUT2D eigenvalue weighted by Gasteiger charge is -2.12. The first-order valence-corrected chi connectivity index (χ1v) is 14.0. The minimum Gasteiger partial charge on any atom is -0.487 e. The molecular formula is C27H23ClFN5OS2. The SMILES string of the molecule is CSC[C@H](N)c1cnc(-c2ccc3ncnc(Nc4ccc(OCc5cccc(F)c5)c(Cl)c4)c3c2)s1. The minimum absolute atomic E-state index is 0.0344. The molecule has 0 saturated heterocycles. The van der Waals surface area contributed by atoms with Gasteiger partial charge < -0.3 is 15.8 Å². The Morgan fingerprint density at radius 1 is 1.11 bits per heavy atom. The van der Waals surface area contributed by atoms with Crippen LogP contribution in [0, 0.1) is 5.82 Å². The maximum Gasteiger partial charge on any atom is 0.141 e. The number of thiazole rings is 1. The van der Waals surface area contributed by atoms with E-state index in [1.165, 1.54) is 18.5 Å². The number of aromatic nitrogens is 3. The number of fused-ring (bicyclic) bond motifs is 1. The number of benzene rings is 3. The van der Waals surface area contributed by atoms with Crippen LogP contribution in [0.5, 0.6) is 5.75 Å². The Bertz CT molecular complexity index is 1550. The Balaban J connectivity index is 1.36. The Labute approximate surface area is 227 Å². The smallest absolute Gasteiger partial charge is 0.141 e. The molecule has 5 rings (SSSR count). The molecule has 6 nitrogen and oxygen atoms in total. The van der Waals surface area contributed by atoms with Gasteiger partial charge in [-0.1, -0.05) is 23.7 Å². The van der Waals surface area contributed by atoms with Gasteiger partial charge in [-0.15, -0.1) is 11.3 Å². The molecule has 0 aliphatic carbocycles. The van der Waals surface area contributed by atoms with Gasteiger partial charge in [0, 0.05) is 39.5 Å². The fourth-order valence-corrected chi connectivity index (χ4v) is 5.56. The highest BCUT2D eigenvalue weighted by Crippen LogP contribution is 2.34. The molecule has 0 unspecified atom stereocenters. The largest absolute Gasteiger partial charge is 0.487 e. The summed E-state index contributed by atoms with van der Waals surface area (Å²) < 4.78 is 19.2. The summed E-state index contributed by atoms with van der Waals surface area (Å²) in [5.41, 5.74) is 9.50. The predicted octanol–water partition coefficient (Wildman–Crippen LogP) is 7.23. The topological polar surface area (TPSA) is 86.0 Å². The van der Waals surface area contributed by atoms with Crippen molar-refractivity contribution in [3.63, 3.8) is 0 Å². The Morgan fingerprint density at radius 3 is 2.81 bits per heavy atom. The minimum atomic E-state index is -0.304. The molecule has 5 aromatic rings. The van der Waals surface area contributed by atoms with Crippen LogP contribution in [-0.4, -0.2) is 27.0 Å². The summed E-state index contributed by atoms with van der Waals surface area (Å²) in [6, 6.07) is 17.6. The number of hydrogen-bond donors (Lipinski definition) is 2. The third kappa shape index (κ3) is 6.02. The molecule has 0 fully saturated rings. The van der Waals surface area contributed by atoms with Gasteiger partial charge in [0.25, 0.3) is 0 Å². The zero-order valence-corrected chi connectivity index (χ0v) is 22.2. The van der Waals surface area contributed by atoms with Crippen LogP contribution in [0.3, 0.4) is 0 Å². The van der Waals surface area contributed by atoms with E-state index < -0.39 is 0 Å². The molecule has 0 aliphatic heterocycles. The van der Waals surface area contributed by atoms with Gasteiger partial charge in [0.05, 0.1) is 10.5 Å². The first kappa shape index (κ1) is 25.4. The zero-order chi connectivity index (χ0) is 25.8. The maximum absolute atomic E-state index is 13.4.